The number of para-hydroxylation sites is 2. The van der Waals surface area contributed by atoms with Crippen LogP contribution in [0, 0.1) is 0 Å². The molecule has 5 N–H and O–H groups in total. The Hall–Kier alpha value is -4.96. The monoisotopic (exact) mass is 556 g/mol. The van der Waals surface area contributed by atoms with E-state index in [1.54, 1.807) is 63.5 Å². The lowest BCUT2D eigenvalue weighted by molar-refractivity contribution is -0.512. The van der Waals surface area contributed by atoms with Gasteiger partial charge in [-0.1, -0.05) is 61.5 Å². The number of carbonyl (C=O) groups excluding carboxylic acids is 4. The molecule has 1 heterocycles. The second kappa shape index (κ2) is 12.5. The Balaban J connectivity index is 1.69. The highest BCUT2D eigenvalue weighted by molar-refractivity contribution is 6.31. The van der Waals surface area contributed by atoms with Gasteiger partial charge in [0.05, 0.1) is 17.3 Å². The molecule has 0 saturated carbocycles. The molecule has 2 atom stereocenters. The van der Waals surface area contributed by atoms with Gasteiger partial charge < -0.3 is 20.6 Å². The lowest BCUT2D eigenvalue weighted by atomic mass is 10.1. The number of quaternary nitrogens is 1. The molecule has 41 heavy (non-hydrogen) atoms. The minimum atomic E-state index is -0.831. The smallest absolute Gasteiger partial charge is 0.322 e. The van der Waals surface area contributed by atoms with E-state index in [9.17, 15) is 24.3 Å². The number of anilines is 1. The molecule has 212 valence electrons. The second-order valence-electron chi connectivity index (χ2n) is 9.90. The fourth-order valence-electron chi connectivity index (χ4n) is 4.54. The van der Waals surface area contributed by atoms with Gasteiger partial charge >= 0.3 is 5.91 Å². The van der Waals surface area contributed by atoms with Gasteiger partial charge in [0, 0.05) is 20.2 Å². The minimum Gasteiger partial charge on any atom is -0.502 e. The largest absolute Gasteiger partial charge is 0.502 e. The summed E-state index contributed by atoms with van der Waals surface area (Å²) in [4.78, 5) is 55.6. The van der Waals surface area contributed by atoms with E-state index in [1.165, 1.54) is 16.3 Å². The van der Waals surface area contributed by atoms with Gasteiger partial charge in [0.1, 0.15) is 6.04 Å². The van der Waals surface area contributed by atoms with Crippen molar-refractivity contribution in [2.45, 2.75) is 32.4 Å². The number of benzene rings is 3. The highest BCUT2D eigenvalue weighted by Gasteiger charge is 2.44. The number of carbonyl (C=O) groups is 4. The molecule has 0 spiro atoms. The van der Waals surface area contributed by atoms with Crippen molar-refractivity contribution in [2.24, 2.45) is 0 Å². The van der Waals surface area contributed by atoms with Crippen molar-refractivity contribution in [1.29, 1.82) is 0 Å². The maximum Gasteiger partial charge on any atom is 0.322 e. The number of aromatic hydroxyl groups is 1. The Morgan fingerprint density at radius 3 is 2.17 bits per heavy atom. The molecule has 3 aromatic carbocycles. The Morgan fingerprint density at radius 1 is 0.927 bits per heavy atom. The van der Waals surface area contributed by atoms with E-state index in [2.05, 4.69) is 10.6 Å². The van der Waals surface area contributed by atoms with Crippen LogP contribution in [0.1, 0.15) is 42.2 Å². The van der Waals surface area contributed by atoms with Crippen molar-refractivity contribution in [3.8, 4) is 5.75 Å². The summed E-state index contributed by atoms with van der Waals surface area (Å²) in [5.41, 5.74) is 1.41. The van der Waals surface area contributed by atoms with Gasteiger partial charge in [0.2, 0.25) is 11.6 Å². The van der Waals surface area contributed by atoms with E-state index in [-0.39, 0.29) is 40.3 Å². The summed E-state index contributed by atoms with van der Waals surface area (Å²) in [6, 6.07) is 21.4. The van der Waals surface area contributed by atoms with Crippen LogP contribution >= 0.6 is 0 Å². The van der Waals surface area contributed by atoms with Gasteiger partial charge in [-0.25, -0.2) is 4.90 Å². The predicted octanol–water partition coefficient (Wildman–Crippen LogP) is 2.32. The summed E-state index contributed by atoms with van der Waals surface area (Å²) in [6.07, 6.45) is 0.328. The first-order valence-electron chi connectivity index (χ1n) is 13.3. The summed E-state index contributed by atoms with van der Waals surface area (Å²) in [5.74, 6) is -2.33. The van der Waals surface area contributed by atoms with Gasteiger partial charge in [-0.05, 0) is 37.1 Å². The van der Waals surface area contributed by atoms with Crippen molar-refractivity contribution in [3.63, 3.8) is 0 Å². The lowest BCUT2D eigenvalue weighted by Gasteiger charge is -2.21. The molecule has 1 aliphatic rings. The summed E-state index contributed by atoms with van der Waals surface area (Å²) < 4.78 is 0. The van der Waals surface area contributed by atoms with Crippen molar-refractivity contribution < 1.29 is 29.6 Å². The van der Waals surface area contributed by atoms with Crippen LogP contribution in [0.4, 0.5) is 11.4 Å². The lowest BCUT2D eigenvalue weighted by Crippen LogP contribution is -2.78. The normalized spacial score (nSPS) is 14.6. The Kier molecular flexibility index (Phi) is 8.84. The molecule has 0 fully saturated rings. The molecule has 4 amide bonds. The van der Waals surface area contributed by atoms with Crippen molar-refractivity contribution in [2.75, 3.05) is 19.0 Å². The molecular formula is C31H34N5O5+. The van der Waals surface area contributed by atoms with Crippen LogP contribution < -0.4 is 20.9 Å². The van der Waals surface area contributed by atoms with E-state index in [1.807, 2.05) is 37.3 Å². The van der Waals surface area contributed by atoms with Crippen LogP contribution in [-0.2, 0) is 14.4 Å². The van der Waals surface area contributed by atoms with Crippen LogP contribution in [0.15, 0.2) is 90.3 Å². The Morgan fingerprint density at radius 2 is 1.56 bits per heavy atom. The highest BCUT2D eigenvalue weighted by Crippen LogP contribution is 2.28. The first-order valence-corrected chi connectivity index (χ1v) is 13.3. The van der Waals surface area contributed by atoms with Crippen LogP contribution in [0.2, 0.25) is 0 Å². The third-order valence-corrected chi connectivity index (χ3v) is 6.84. The fraction of sp³-hybridized carbons (Fsp3) is 0.226. The van der Waals surface area contributed by atoms with Crippen LogP contribution in [0.25, 0.3) is 0 Å². The summed E-state index contributed by atoms with van der Waals surface area (Å²) >= 11 is 0. The minimum absolute atomic E-state index is 0.0361. The van der Waals surface area contributed by atoms with Crippen molar-refractivity contribution >= 4 is 35.0 Å². The van der Waals surface area contributed by atoms with E-state index in [0.717, 1.165) is 10.5 Å². The maximum atomic E-state index is 13.7. The Labute approximate surface area is 238 Å². The van der Waals surface area contributed by atoms with E-state index < -0.39 is 23.8 Å². The third-order valence-electron chi connectivity index (χ3n) is 6.84. The standard InChI is InChI=1S/C31H33N5O5/c1-5-23(28(38)32-19(2)20-13-8-6-9-14-20)33-25-26(31(41)36(30(25)40)21-15-10-7-11-16-21)34-24-18-12-17-22(27(24)37)29(39)35(3)4/h6-19,23,33-34,37H,5H2,1-4H3,(H,32,38)/p+1/t19?,23-/m1/s1. The van der Waals surface area contributed by atoms with Gasteiger partial charge in [-0.3, -0.25) is 24.5 Å². The summed E-state index contributed by atoms with van der Waals surface area (Å²) in [5, 5.41) is 18.3. The summed E-state index contributed by atoms with van der Waals surface area (Å²) in [6.45, 7) is 3.66. The van der Waals surface area contributed by atoms with E-state index in [4.69, 9.17) is 0 Å². The van der Waals surface area contributed by atoms with Crippen LogP contribution in [0.3, 0.4) is 0 Å². The molecule has 0 aliphatic carbocycles. The molecule has 1 aliphatic heterocycles. The number of imide groups is 1. The zero-order valence-corrected chi connectivity index (χ0v) is 23.4. The van der Waals surface area contributed by atoms with Crippen LogP contribution in [0.5, 0.6) is 5.75 Å². The van der Waals surface area contributed by atoms with Crippen molar-refractivity contribution in [3.05, 3.63) is 101 Å². The number of phenolic OH excluding ortho intramolecular Hbond substituents is 1. The zero-order chi connectivity index (χ0) is 29.7. The molecule has 10 heteroatoms. The Bertz CT molecular complexity index is 1490. The number of nitrogens with one attached hydrogen (secondary N) is 2. The molecular weight excluding hydrogens is 522 g/mol. The molecule has 3 aromatic rings. The van der Waals surface area contributed by atoms with Gasteiger partial charge in [0.25, 0.3) is 11.8 Å². The van der Waals surface area contributed by atoms with Gasteiger partial charge in [-0.15, -0.1) is 0 Å². The number of nitrogens with zero attached hydrogens (tertiary/aromatic N) is 2. The van der Waals surface area contributed by atoms with E-state index >= 15 is 0 Å². The van der Waals surface area contributed by atoms with Crippen molar-refractivity contribution in [1.82, 2.24) is 15.5 Å². The third kappa shape index (κ3) is 6.12. The zero-order valence-electron chi connectivity index (χ0n) is 23.4. The number of rotatable bonds is 10. The maximum absolute atomic E-state index is 13.7. The summed E-state index contributed by atoms with van der Waals surface area (Å²) in [7, 11) is 3.13. The average Bonchev–Trinajstić information content (AvgIpc) is 3.20. The number of phenols is 1. The molecule has 0 bridgehead atoms. The topological polar surface area (TPSA) is 136 Å². The molecule has 4 rings (SSSR count). The molecule has 0 radical (unpaired) electrons. The highest BCUT2D eigenvalue weighted by atomic mass is 16.3. The fourth-order valence-corrected chi connectivity index (χ4v) is 4.54. The molecule has 10 nitrogen and oxygen atoms in total. The predicted molar refractivity (Wildman–Crippen MR) is 154 cm³/mol. The molecule has 0 aromatic heterocycles. The number of hydrogen-bond donors (Lipinski definition) is 4. The first-order chi connectivity index (χ1) is 19.6. The van der Waals surface area contributed by atoms with Gasteiger partial charge in [0.15, 0.2) is 17.1 Å². The molecule has 0 saturated heterocycles. The van der Waals surface area contributed by atoms with Gasteiger partial charge in [-0.2, -0.15) is 0 Å². The SMILES string of the molecule is CC[C@@H](NC1=C([NH2+]c2cccc(C(=O)N(C)C)c2O)C(=O)N(c2ccccc2)C1=O)C(=O)NC(C)c1ccccc1. The quantitative estimate of drug-likeness (QED) is 0.172. The number of hydrogen-bond acceptors (Lipinski definition) is 6. The van der Waals surface area contributed by atoms with E-state index in [0.29, 0.717) is 12.1 Å². The first kappa shape index (κ1) is 29.0. The average molecular weight is 557 g/mol. The number of nitrogens with two attached hydrogens (primary N) is 1. The number of amides is 4. The second-order valence-corrected chi connectivity index (χ2v) is 9.90. The van der Waals surface area contributed by atoms with Crippen LogP contribution in [-0.4, -0.2) is 53.8 Å². The molecule has 1 unspecified atom stereocenters.